The summed E-state index contributed by atoms with van der Waals surface area (Å²) in [7, 11) is 0. The van der Waals surface area contributed by atoms with Gasteiger partial charge in [0.1, 0.15) is 11.0 Å². The number of hydrogen-bond acceptors (Lipinski definition) is 4. The Labute approximate surface area is 241 Å². The van der Waals surface area contributed by atoms with Crippen LogP contribution >= 0.6 is 0 Å². The van der Waals surface area contributed by atoms with E-state index in [0.29, 0.717) is 29.9 Å². The van der Waals surface area contributed by atoms with Crippen LogP contribution in [-0.2, 0) is 32.8 Å². The summed E-state index contributed by atoms with van der Waals surface area (Å²) in [4.78, 5) is 45.2. The highest BCUT2D eigenvalue weighted by molar-refractivity contribution is 6.23. The largest absolute Gasteiger partial charge is 0.443 e. The number of para-hydroxylation sites is 1. The van der Waals surface area contributed by atoms with E-state index in [0.717, 1.165) is 16.0 Å². The number of nitrogens with zero attached hydrogens (tertiary/aromatic N) is 2. The third kappa shape index (κ3) is 5.78. The molecule has 4 aromatic rings. The number of rotatable bonds is 7. The quantitative estimate of drug-likeness (QED) is 0.254. The van der Waals surface area contributed by atoms with Gasteiger partial charge < -0.3 is 9.64 Å². The van der Waals surface area contributed by atoms with E-state index in [1.54, 1.807) is 37.8 Å². The maximum absolute atomic E-state index is 14.5. The summed E-state index contributed by atoms with van der Waals surface area (Å²) < 4.78 is 5.66. The second-order valence-corrected chi connectivity index (χ2v) is 11.3. The van der Waals surface area contributed by atoms with Gasteiger partial charge in [-0.25, -0.2) is 9.69 Å². The van der Waals surface area contributed by atoms with E-state index in [4.69, 9.17) is 4.74 Å². The predicted octanol–water partition coefficient (Wildman–Crippen LogP) is 6.87. The molecule has 5 rings (SSSR count). The topological polar surface area (TPSA) is 66.9 Å². The molecule has 41 heavy (non-hydrogen) atoms. The third-order valence-electron chi connectivity index (χ3n) is 7.22. The van der Waals surface area contributed by atoms with Crippen molar-refractivity contribution in [1.29, 1.82) is 0 Å². The second kappa shape index (κ2) is 11.4. The first-order valence-electron chi connectivity index (χ1n) is 13.8. The Balaban J connectivity index is 1.59. The van der Waals surface area contributed by atoms with Crippen molar-refractivity contribution in [1.82, 2.24) is 4.90 Å². The van der Waals surface area contributed by atoms with Gasteiger partial charge in [0.15, 0.2) is 0 Å². The Bertz CT molecular complexity index is 1490. The normalized spacial score (nSPS) is 16.3. The summed E-state index contributed by atoms with van der Waals surface area (Å²) in [5.41, 5.74) is 1.45. The first-order chi connectivity index (χ1) is 19.7. The summed E-state index contributed by atoms with van der Waals surface area (Å²) in [5, 5.41) is 0. The minimum atomic E-state index is -1.41. The molecule has 0 aliphatic carbocycles. The molecule has 0 bridgehead atoms. The Hall–Kier alpha value is -4.71. The monoisotopic (exact) mass is 546 g/mol. The minimum absolute atomic E-state index is 0.147. The maximum atomic E-state index is 14.5. The summed E-state index contributed by atoms with van der Waals surface area (Å²) in [5.74, 6) is -0.692. The number of carbonyl (C=O) groups is 3. The molecule has 1 heterocycles. The lowest BCUT2D eigenvalue weighted by molar-refractivity contribution is -0.136. The van der Waals surface area contributed by atoms with Crippen molar-refractivity contribution in [2.75, 3.05) is 4.90 Å². The van der Waals surface area contributed by atoms with Crippen molar-refractivity contribution >= 4 is 23.6 Å². The fraction of sp³-hybridized carbons (Fsp3) is 0.229. The van der Waals surface area contributed by atoms with Crippen LogP contribution < -0.4 is 4.90 Å². The van der Waals surface area contributed by atoms with Gasteiger partial charge in [0.2, 0.25) is 5.91 Å². The lowest BCUT2D eigenvalue weighted by atomic mass is 9.72. The van der Waals surface area contributed by atoms with Crippen LogP contribution in [0.3, 0.4) is 0 Å². The molecule has 208 valence electrons. The summed E-state index contributed by atoms with van der Waals surface area (Å²) in [6.07, 6.45) is -0.906. The molecular formula is C35H34N2O4. The predicted molar refractivity (Wildman–Crippen MR) is 159 cm³/mol. The van der Waals surface area contributed by atoms with E-state index in [9.17, 15) is 14.4 Å². The molecule has 0 saturated carbocycles. The third-order valence-corrected chi connectivity index (χ3v) is 7.22. The number of fused-ring (bicyclic) bond motifs is 1. The average molecular weight is 547 g/mol. The van der Waals surface area contributed by atoms with Crippen LogP contribution in [0.5, 0.6) is 0 Å². The molecule has 4 aromatic carbocycles. The number of ether oxygens (including phenoxy) is 1. The molecule has 3 amide bonds. The highest BCUT2D eigenvalue weighted by atomic mass is 16.6. The van der Waals surface area contributed by atoms with E-state index in [1.165, 1.54) is 0 Å². The smallest absolute Gasteiger partial charge is 0.421 e. The van der Waals surface area contributed by atoms with Crippen molar-refractivity contribution < 1.29 is 19.1 Å². The van der Waals surface area contributed by atoms with Gasteiger partial charge in [0, 0.05) is 19.5 Å². The fourth-order valence-electron chi connectivity index (χ4n) is 5.39. The zero-order valence-corrected chi connectivity index (χ0v) is 23.6. The van der Waals surface area contributed by atoms with Gasteiger partial charge in [-0.05, 0) is 49.1 Å². The van der Waals surface area contributed by atoms with Crippen LogP contribution in [0.2, 0.25) is 0 Å². The van der Waals surface area contributed by atoms with Crippen molar-refractivity contribution in [2.45, 2.75) is 51.3 Å². The Morgan fingerprint density at radius 1 is 0.732 bits per heavy atom. The number of imide groups is 1. The molecule has 6 nitrogen and oxygen atoms in total. The Morgan fingerprint density at radius 3 is 1.76 bits per heavy atom. The van der Waals surface area contributed by atoms with Gasteiger partial charge in [-0.1, -0.05) is 109 Å². The number of carbonyl (C=O) groups excluding carboxylic acids is 3. The second-order valence-electron chi connectivity index (χ2n) is 11.3. The first-order valence-corrected chi connectivity index (χ1v) is 13.8. The van der Waals surface area contributed by atoms with Gasteiger partial charge in [-0.2, -0.15) is 0 Å². The van der Waals surface area contributed by atoms with Gasteiger partial charge in [-0.3, -0.25) is 9.59 Å². The van der Waals surface area contributed by atoms with Crippen LogP contribution in [0.4, 0.5) is 10.5 Å². The van der Waals surface area contributed by atoms with Crippen molar-refractivity contribution in [2.24, 2.45) is 0 Å². The Morgan fingerprint density at radius 2 is 1.22 bits per heavy atom. The molecule has 1 atom stereocenters. The standard InChI is InChI=1S/C35H34N2O4/c1-34(2,3)41-33(40)37-30-22-14-13-21-29(30)35(32(37)39,28-19-11-6-12-20-28)23-31(38)36(24-26-15-7-4-8-16-26)25-27-17-9-5-10-18-27/h4-22H,23-25H2,1-3H3/t35-/m0/s1. The summed E-state index contributed by atoms with van der Waals surface area (Å²) >= 11 is 0. The van der Waals surface area contributed by atoms with Crippen molar-refractivity contribution in [3.05, 3.63) is 138 Å². The highest BCUT2D eigenvalue weighted by Crippen LogP contribution is 2.49. The molecule has 0 N–H and O–H groups in total. The van der Waals surface area contributed by atoms with E-state index in [1.807, 2.05) is 103 Å². The van der Waals surface area contributed by atoms with Gasteiger partial charge in [0.25, 0.3) is 5.91 Å². The molecule has 0 aromatic heterocycles. The van der Waals surface area contributed by atoms with Crippen LogP contribution in [0.15, 0.2) is 115 Å². The van der Waals surface area contributed by atoms with Crippen LogP contribution in [0.1, 0.15) is 49.4 Å². The minimum Gasteiger partial charge on any atom is -0.443 e. The number of amides is 3. The van der Waals surface area contributed by atoms with Crippen LogP contribution in [0, 0.1) is 0 Å². The molecule has 0 fully saturated rings. The molecule has 0 unspecified atom stereocenters. The maximum Gasteiger partial charge on any atom is 0.421 e. The number of hydrogen-bond donors (Lipinski definition) is 0. The molecule has 0 saturated heterocycles. The fourth-order valence-corrected chi connectivity index (χ4v) is 5.39. The average Bonchev–Trinajstić information content (AvgIpc) is 3.21. The highest BCUT2D eigenvalue weighted by Gasteiger charge is 2.56. The summed E-state index contributed by atoms with van der Waals surface area (Å²) in [6.45, 7) is 6.04. The zero-order valence-electron chi connectivity index (χ0n) is 23.6. The number of benzene rings is 4. The van der Waals surface area contributed by atoms with Gasteiger partial charge in [0.05, 0.1) is 5.69 Å². The van der Waals surface area contributed by atoms with Crippen LogP contribution in [0.25, 0.3) is 0 Å². The first kappa shape index (κ1) is 27.8. The molecule has 0 spiro atoms. The Kier molecular flexibility index (Phi) is 7.75. The zero-order chi connectivity index (χ0) is 29.0. The van der Waals surface area contributed by atoms with Crippen molar-refractivity contribution in [3.63, 3.8) is 0 Å². The van der Waals surface area contributed by atoms with E-state index in [-0.39, 0.29) is 12.3 Å². The number of anilines is 1. The summed E-state index contributed by atoms with van der Waals surface area (Å²) in [6, 6.07) is 36.0. The molecular weight excluding hydrogens is 512 g/mol. The van der Waals surface area contributed by atoms with Gasteiger partial charge >= 0.3 is 6.09 Å². The van der Waals surface area contributed by atoms with E-state index in [2.05, 4.69) is 0 Å². The SMILES string of the molecule is CC(C)(C)OC(=O)N1C(=O)[C@@](CC(=O)N(Cc2ccccc2)Cc2ccccc2)(c2ccccc2)c2ccccc21. The lowest BCUT2D eigenvalue weighted by Gasteiger charge is -2.32. The van der Waals surface area contributed by atoms with Crippen molar-refractivity contribution in [3.8, 4) is 0 Å². The van der Waals surface area contributed by atoms with Gasteiger partial charge in [-0.15, -0.1) is 0 Å². The molecule has 0 radical (unpaired) electrons. The molecule has 1 aliphatic rings. The lowest BCUT2D eigenvalue weighted by Crippen LogP contribution is -2.48. The van der Waals surface area contributed by atoms with Crippen LogP contribution in [-0.4, -0.2) is 28.4 Å². The molecule has 6 heteroatoms. The van der Waals surface area contributed by atoms with E-state index >= 15 is 0 Å². The van der Waals surface area contributed by atoms with E-state index < -0.39 is 23.0 Å². The molecule has 1 aliphatic heterocycles.